The number of oxime groups is 1. The fraction of sp³-hybridized carbons (Fsp3) is 0.500. The van der Waals surface area contributed by atoms with Gasteiger partial charge in [0.15, 0.2) is 11.0 Å². The molecule has 0 aliphatic carbocycles. The summed E-state index contributed by atoms with van der Waals surface area (Å²) in [6.45, 7) is 7.74. The third kappa shape index (κ3) is 5.16. The van der Waals surface area contributed by atoms with E-state index in [-0.39, 0.29) is 23.7 Å². The summed E-state index contributed by atoms with van der Waals surface area (Å²) in [5.74, 6) is 0.913. The van der Waals surface area contributed by atoms with Gasteiger partial charge < -0.3 is 9.94 Å². The zero-order valence-corrected chi connectivity index (χ0v) is 17.8. The second-order valence-electron chi connectivity index (χ2n) is 7.14. The van der Waals surface area contributed by atoms with Crippen LogP contribution in [0.4, 0.5) is 0 Å². The van der Waals surface area contributed by atoms with Crippen LogP contribution < -0.4 is 0 Å². The van der Waals surface area contributed by atoms with E-state index in [2.05, 4.69) is 34.1 Å². The number of aromatic nitrogens is 3. The molecule has 1 aromatic heterocycles. The quantitative estimate of drug-likeness (QED) is 0.320. The first kappa shape index (κ1) is 21.3. The van der Waals surface area contributed by atoms with E-state index in [4.69, 9.17) is 4.74 Å². The van der Waals surface area contributed by atoms with Crippen LogP contribution in [0.3, 0.4) is 0 Å². The number of rotatable bonds is 7. The molecule has 0 amide bonds. The maximum Gasteiger partial charge on any atom is 0.316 e. The van der Waals surface area contributed by atoms with Crippen molar-refractivity contribution in [3.05, 3.63) is 36.2 Å². The molecule has 1 fully saturated rings. The molecule has 1 aromatic carbocycles. The van der Waals surface area contributed by atoms with Gasteiger partial charge in [-0.2, -0.15) is 0 Å². The summed E-state index contributed by atoms with van der Waals surface area (Å²) >= 11 is 1.32. The molecular formula is C20H27N5O3S. The molecule has 0 bridgehead atoms. The topological polar surface area (TPSA) is 92.8 Å². The number of carbonyl (C=O) groups is 1. The second kappa shape index (κ2) is 9.89. The van der Waals surface area contributed by atoms with Crippen LogP contribution in [0.25, 0.3) is 5.69 Å². The Balaban J connectivity index is 1.84. The number of likely N-dealkylation sites (tertiary alicyclic amines) is 1. The van der Waals surface area contributed by atoms with Crippen molar-refractivity contribution in [3.63, 3.8) is 0 Å². The SMILES string of the molecule is CCOC(=O)CSc1nnc(CN2CC(C)C(=NO)CC2C)n1-c1ccccc1. The van der Waals surface area contributed by atoms with Crippen molar-refractivity contribution in [1.82, 2.24) is 19.7 Å². The van der Waals surface area contributed by atoms with Crippen molar-refractivity contribution in [2.24, 2.45) is 11.1 Å². The molecular weight excluding hydrogens is 390 g/mol. The lowest BCUT2D eigenvalue weighted by Gasteiger charge is -2.36. The largest absolute Gasteiger partial charge is 0.465 e. The van der Waals surface area contributed by atoms with Gasteiger partial charge in [-0.1, -0.05) is 42.0 Å². The molecule has 2 heterocycles. The average molecular weight is 418 g/mol. The number of esters is 1. The predicted octanol–water partition coefficient (Wildman–Crippen LogP) is 2.98. The maximum absolute atomic E-state index is 11.8. The van der Waals surface area contributed by atoms with Gasteiger partial charge in [-0.3, -0.25) is 14.3 Å². The molecule has 156 valence electrons. The van der Waals surface area contributed by atoms with Gasteiger partial charge >= 0.3 is 5.97 Å². The van der Waals surface area contributed by atoms with Gasteiger partial charge in [0.05, 0.1) is 24.6 Å². The summed E-state index contributed by atoms with van der Waals surface area (Å²) in [5.41, 5.74) is 1.79. The summed E-state index contributed by atoms with van der Waals surface area (Å²) in [7, 11) is 0. The Hall–Kier alpha value is -2.39. The van der Waals surface area contributed by atoms with Crippen LogP contribution in [0.2, 0.25) is 0 Å². The minimum absolute atomic E-state index is 0.182. The van der Waals surface area contributed by atoms with Crippen LogP contribution in [0, 0.1) is 5.92 Å². The van der Waals surface area contributed by atoms with Crippen LogP contribution in [0.15, 0.2) is 40.6 Å². The molecule has 1 saturated heterocycles. The van der Waals surface area contributed by atoms with Gasteiger partial charge in [-0.05, 0) is 26.0 Å². The number of piperidine rings is 1. The number of thioether (sulfide) groups is 1. The molecule has 9 heteroatoms. The zero-order valence-electron chi connectivity index (χ0n) is 17.0. The van der Waals surface area contributed by atoms with E-state index in [1.165, 1.54) is 11.8 Å². The third-order valence-corrected chi connectivity index (χ3v) is 5.92. The van der Waals surface area contributed by atoms with Crippen LogP contribution in [-0.2, 0) is 16.1 Å². The maximum atomic E-state index is 11.8. The van der Waals surface area contributed by atoms with Crippen LogP contribution in [-0.4, -0.2) is 61.5 Å². The molecule has 29 heavy (non-hydrogen) atoms. The monoisotopic (exact) mass is 417 g/mol. The van der Waals surface area contributed by atoms with Gasteiger partial charge in [0.2, 0.25) is 0 Å². The van der Waals surface area contributed by atoms with Crippen molar-refractivity contribution in [1.29, 1.82) is 0 Å². The number of ether oxygens (including phenoxy) is 1. The second-order valence-corrected chi connectivity index (χ2v) is 8.08. The van der Waals surface area contributed by atoms with Gasteiger partial charge in [-0.15, -0.1) is 10.2 Å². The smallest absolute Gasteiger partial charge is 0.316 e. The molecule has 3 rings (SSSR count). The predicted molar refractivity (Wildman–Crippen MR) is 112 cm³/mol. The fourth-order valence-electron chi connectivity index (χ4n) is 3.47. The van der Waals surface area contributed by atoms with Gasteiger partial charge in [0.1, 0.15) is 0 Å². The summed E-state index contributed by atoms with van der Waals surface area (Å²) in [6, 6.07) is 10.1. The van der Waals surface area contributed by atoms with Crippen LogP contribution in [0.1, 0.15) is 33.0 Å². The Labute approximate surface area is 174 Å². The summed E-state index contributed by atoms with van der Waals surface area (Å²) in [5, 5.41) is 22.1. The Morgan fingerprint density at radius 1 is 1.31 bits per heavy atom. The highest BCUT2D eigenvalue weighted by atomic mass is 32.2. The molecule has 1 aliphatic rings. The first-order valence-corrected chi connectivity index (χ1v) is 10.7. The van der Waals surface area contributed by atoms with Crippen molar-refractivity contribution in [2.45, 2.75) is 44.9 Å². The van der Waals surface area contributed by atoms with E-state index in [0.717, 1.165) is 30.2 Å². The van der Waals surface area contributed by atoms with E-state index >= 15 is 0 Å². The molecule has 1 N–H and O–H groups in total. The molecule has 2 unspecified atom stereocenters. The van der Waals surface area contributed by atoms with Crippen molar-refractivity contribution in [2.75, 3.05) is 18.9 Å². The number of hydrogen-bond acceptors (Lipinski definition) is 8. The lowest BCUT2D eigenvalue weighted by Crippen LogP contribution is -2.45. The van der Waals surface area contributed by atoms with E-state index in [1.54, 1.807) is 6.92 Å². The highest BCUT2D eigenvalue weighted by Gasteiger charge is 2.30. The third-order valence-electron chi connectivity index (χ3n) is 5.02. The van der Waals surface area contributed by atoms with E-state index in [9.17, 15) is 10.0 Å². The lowest BCUT2D eigenvalue weighted by atomic mass is 9.93. The van der Waals surface area contributed by atoms with Crippen molar-refractivity contribution in [3.8, 4) is 5.69 Å². The lowest BCUT2D eigenvalue weighted by molar-refractivity contribution is -0.139. The standard InChI is InChI=1S/C20H27N5O3S/c1-4-28-19(26)13-29-20-22-21-18(25(20)16-8-6-5-7-9-16)12-24-11-14(2)17(23-27)10-15(24)3/h5-9,14-15,27H,4,10-13H2,1-3H3. The fourth-order valence-corrected chi connectivity index (χ4v) is 4.24. The van der Waals surface area contributed by atoms with Crippen molar-refractivity contribution >= 4 is 23.4 Å². The highest BCUT2D eigenvalue weighted by Crippen LogP contribution is 2.26. The molecule has 0 saturated carbocycles. The van der Waals surface area contributed by atoms with Crippen LogP contribution in [0.5, 0.6) is 0 Å². The average Bonchev–Trinajstić information content (AvgIpc) is 3.12. The highest BCUT2D eigenvalue weighted by molar-refractivity contribution is 7.99. The summed E-state index contributed by atoms with van der Waals surface area (Å²) < 4.78 is 7.02. The van der Waals surface area contributed by atoms with Gasteiger partial charge in [0.25, 0.3) is 0 Å². The van der Waals surface area contributed by atoms with E-state index in [0.29, 0.717) is 18.3 Å². The first-order valence-electron chi connectivity index (χ1n) is 9.76. The van der Waals surface area contributed by atoms with E-state index in [1.807, 2.05) is 34.9 Å². The molecule has 2 atom stereocenters. The minimum atomic E-state index is -0.268. The Morgan fingerprint density at radius 3 is 2.76 bits per heavy atom. The molecule has 8 nitrogen and oxygen atoms in total. The Bertz CT molecular complexity index is 855. The minimum Gasteiger partial charge on any atom is -0.465 e. The number of para-hydroxylation sites is 1. The zero-order chi connectivity index (χ0) is 20.8. The first-order chi connectivity index (χ1) is 14.0. The Morgan fingerprint density at radius 2 is 2.07 bits per heavy atom. The number of hydrogen-bond donors (Lipinski definition) is 1. The van der Waals surface area contributed by atoms with Gasteiger partial charge in [0, 0.05) is 30.6 Å². The number of carbonyl (C=O) groups excluding carboxylic acids is 1. The Kier molecular flexibility index (Phi) is 7.27. The molecule has 0 radical (unpaired) electrons. The normalized spacial score (nSPS) is 21.4. The van der Waals surface area contributed by atoms with Crippen molar-refractivity contribution < 1.29 is 14.7 Å². The number of benzene rings is 1. The molecule has 2 aromatic rings. The summed E-state index contributed by atoms with van der Waals surface area (Å²) in [6.07, 6.45) is 0.724. The molecule has 1 aliphatic heterocycles. The van der Waals surface area contributed by atoms with Gasteiger partial charge in [-0.25, -0.2) is 0 Å². The number of nitrogens with zero attached hydrogens (tertiary/aromatic N) is 5. The molecule has 0 spiro atoms. The van der Waals surface area contributed by atoms with Crippen LogP contribution >= 0.6 is 11.8 Å². The summed E-state index contributed by atoms with van der Waals surface area (Å²) in [4.78, 5) is 14.1. The van der Waals surface area contributed by atoms with E-state index < -0.39 is 0 Å².